The van der Waals surface area contributed by atoms with E-state index in [0.29, 0.717) is 31.9 Å². The van der Waals surface area contributed by atoms with Gasteiger partial charge in [-0.05, 0) is 56.7 Å². The van der Waals surface area contributed by atoms with Gasteiger partial charge in [0.25, 0.3) is 0 Å². The zero-order valence-corrected chi connectivity index (χ0v) is 21.3. The van der Waals surface area contributed by atoms with E-state index < -0.39 is 12.1 Å². The standard InChI is InChI=1S/C27H44N2O5/c1-4-21(3)28-27(32)29(17-9-12-22-10-7-6-8-11-22)18-19-34-24-15-13-23(14-16-24)20-25(26(30)31)33-5-2/h13-16,21-22,25H,4-12,17-20H2,1-3H3,(H,28,32)(H,30,31). The van der Waals surface area contributed by atoms with Crippen LogP contribution in [0, 0.1) is 5.92 Å². The van der Waals surface area contributed by atoms with Crippen LogP contribution in [0.2, 0.25) is 0 Å². The highest BCUT2D eigenvalue weighted by Gasteiger charge is 2.19. The second-order valence-corrected chi connectivity index (χ2v) is 9.37. The van der Waals surface area contributed by atoms with Crippen molar-refractivity contribution in [3.05, 3.63) is 29.8 Å². The summed E-state index contributed by atoms with van der Waals surface area (Å²) in [7, 11) is 0. The van der Waals surface area contributed by atoms with Gasteiger partial charge < -0.3 is 24.8 Å². The lowest BCUT2D eigenvalue weighted by atomic mass is 9.86. The van der Waals surface area contributed by atoms with Gasteiger partial charge in [-0.1, -0.05) is 51.2 Å². The Balaban J connectivity index is 1.83. The fraction of sp³-hybridized carbons (Fsp3) is 0.704. The normalized spacial score (nSPS) is 16.0. The van der Waals surface area contributed by atoms with E-state index in [1.807, 2.05) is 36.1 Å². The summed E-state index contributed by atoms with van der Waals surface area (Å²) in [5, 5.41) is 12.3. The molecule has 2 amide bonds. The van der Waals surface area contributed by atoms with E-state index in [0.717, 1.165) is 30.9 Å². The lowest BCUT2D eigenvalue weighted by molar-refractivity contribution is -0.149. The average molecular weight is 477 g/mol. The van der Waals surface area contributed by atoms with Crippen molar-refractivity contribution in [1.82, 2.24) is 10.2 Å². The van der Waals surface area contributed by atoms with Crippen LogP contribution in [-0.4, -0.2) is 60.5 Å². The van der Waals surface area contributed by atoms with Crippen LogP contribution >= 0.6 is 0 Å². The molecule has 1 saturated carbocycles. The number of nitrogens with zero attached hydrogens (tertiary/aromatic N) is 1. The smallest absolute Gasteiger partial charge is 0.333 e. The maximum Gasteiger partial charge on any atom is 0.333 e. The molecule has 1 aromatic carbocycles. The molecule has 1 aromatic rings. The molecule has 192 valence electrons. The Morgan fingerprint density at radius 1 is 1.12 bits per heavy atom. The zero-order chi connectivity index (χ0) is 24.8. The highest BCUT2D eigenvalue weighted by atomic mass is 16.5. The number of hydrogen-bond acceptors (Lipinski definition) is 4. The Morgan fingerprint density at radius 3 is 2.44 bits per heavy atom. The molecule has 0 spiro atoms. The van der Waals surface area contributed by atoms with E-state index in [1.54, 1.807) is 6.92 Å². The largest absolute Gasteiger partial charge is 0.492 e. The van der Waals surface area contributed by atoms with E-state index >= 15 is 0 Å². The van der Waals surface area contributed by atoms with Crippen LogP contribution in [-0.2, 0) is 16.0 Å². The van der Waals surface area contributed by atoms with Gasteiger partial charge in [0.05, 0.1) is 6.54 Å². The number of benzene rings is 1. The number of ether oxygens (including phenoxy) is 2. The van der Waals surface area contributed by atoms with Crippen molar-refractivity contribution < 1.29 is 24.2 Å². The highest BCUT2D eigenvalue weighted by Crippen LogP contribution is 2.27. The molecule has 0 bridgehead atoms. The highest BCUT2D eigenvalue weighted by molar-refractivity contribution is 5.74. The van der Waals surface area contributed by atoms with Crippen LogP contribution in [0.5, 0.6) is 5.75 Å². The molecule has 0 radical (unpaired) electrons. The van der Waals surface area contributed by atoms with Gasteiger partial charge in [-0.2, -0.15) is 0 Å². The first kappa shape index (κ1) is 28.0. The van der Waals surface area contributed by atoms with Crippen molar-refractivity contribution >= 4 is 12.0 Å². The molecular formula is C27H44N2O5. The third-order valence-electron chi connectivity index (χ3n) is 6.65. The fourth-order valence-electron chi connectivity index (χ4n) is 4.39. The molecule has 7 nitrogen and oxygen atoms in total. The summed E-state index contributed by atoms with van der Waals surface area (Å²) in [6, 6.07) is 7.53. The summed E-state index contributed by atoms with van der Waals surface area (Å²) in [5.41, 5.74) is 0.880. The van der Waals surface area contributed by atoms with Gasteiger partial charge in [-0.3, -0.25) is 0 Å². The number of carboxylic acids is 1. The second kappa shape index (κ2) is 15.6. The van der Waals surface area contributed by atoms with Crippen molar-refractivity contribution in [2.45, 2.75) is 90.7 Å². The summed E-state index contributed by atoms with van der Waals surface area (Å²) in [6.45, 7) is 7.92. The Bertz CT molecular complexity index is 718. The first-order valence-electron chi connectivity index (χ1n) is 13.0. The van der Waals surface area contributed by atoms with E-state index in [9.17, 15) is 14.7 Å². The summed E-state index contributed by atoms with van der Waals surface area (Å²) < 4.78 is 11.2. The molecule has 2 rings (SSSR count). The first-order chi connectivity index (χ1) is 16.4. The quantitative estimate of drug-likeness (QED) is 0.360. The van der Waals surface area contributed by atoms with Crippen molar-refractivity contribution in [2.75, 3.05) is 26.3 Å². The molecule has 0 aliphatic heterocycles. The fourth-order valence-corrected chi connectivity index (χ4v) is 4.39. The van der Waals surface area contributed by atoms with Gasteiger partial charge in [0.15, 0.2) is 6.10 Å². The minimum absolute atomic E-state index is 0.0208. The average Bonchev–Trinajstić information content (AvgIpc) is 2.84. The number of amides is 2. The summed E-state index contributed by atoms with van der Waals surface area (Å²) in [4.78, 5) is 26.0. The van der Waals surface area contributed by atoms with Crippen LogP contribution in [0.4, 0.5) is 4.79 Å². The SMILES string of the molecule is CCOC(Cc1ccc(OCCN(CCCC2CCCCC2)C(=O)NC(C)CC)cc1)C(=O)O. The Labute approximate surface area is 205 Å². The number of carboxylic acid groups (broad SMARTS) is 1. The van der Waals surface area contributed by atoms with E-state index in [1.165, 1.54) is 38.5 Å². The summed E-state index contributed by atoms with van der Waals surface area (Å²) >= 11 is 0. The molecule has 7 heteroatoms. The molecule has 0 aromatic heterocycles. The molecule has 2 atom stereocenters. The van der Waals surface area contributed by atoms with E-state index in [-0.39, 0.29) is 12.1 Å². The molecule has 0 saturated heterocycles. The van der Waals surface area contributed by atoms with Crippen molar-refractivity contribution in [1.29, 1.82) is 0 Å². The van der Waals surface area contributed by atoms with Gasteiger partial charge in [-0.25, -0.2) is 9.59 Å². The number of rotatable bonds is 15. The van der Waals surface area contributed by atoms with Gasteiger partial charge in [-0.15, -0.1) is 0 Å². The van der Waals surface area contributed by atoms with Gasteiger partial charge in [0.2, 0.25) is 0 Å². The zero-order valence-electron chi connectivity index (χ0n) is 21.3. The lowest BCUT2D eigenvalue weighted by Crippen LogP contribution is -2.45. The molecule has 2 unspecified atom stereocenters. The summed E-state index contributed by atoms with van der Waals surface area (Å²) in [5.74, 6) is 0.560. The molecule has 1 aliphatic carbocycles. The van der Waals surface area contributed by atoms with Gasteiger partial charge in [0.1, 0.15) is 12.4 Å². The predicted octanol–water partition coefficient (Wildman–Crippen LogP) is 5.27. The molecule has 2 N–H and O–H groups in total. The monoisotopic (exact) mass is 476 g/mol. The van der Waals surface area contributed by atoms with E-state index in [4.69, 9.17) is 9.47 Å². The van der Waals surface area contributed by atoms with Crippen molar-refractivity contribution in [3.63, 3.8) is 0 Å². The minimum Gasteiger partial charge on any atom is -0.492 e. The van der Waals surface area contributed by atoms with Crippen LogP contribution in [0.15, 0.2) is 24.3 Å². The number of nitrogens with one attached hydrogen (secondary N) is 1. The molecule has 34 heavy (non-hydrogen) atoms. The number of urea groups is 1. The predicted molar refractivity (Wildman–Crippen MR) is 134 cm³/mol. The number of hydrogen-bond donors (Lipinski definition) is 2. The van der Waals surface area contributed by atoms with Crippen LogP contribution < -0.4 is 10.1 Å². The van der Waals surface area contributed by atoms with Crippen LogP contribution in [0.3, 0.4) is 0 Å². The number of carbonyl (C=O) groups is 2. The van der Waals surface area contributed by atoms with Crippen molar-refractivity contribution in [3.8, 4) is 5.75 Å². The first-order valence-corrected chi connectivity index (χ1v) is 13.0. The number of carbonyl (C=O) groups excluding carboxylic acids is 1. The van der Waals surface area contributed by atoms with Crippen molar-refractivity contribution in [2.24, 2.45) is 5.92 Å². The third kappa shape index (κ3) is 10.3. The van der Waals surface area contributed by atoms with Gasteiger partial charge in [0, 0.05) is 25.6 Å². The third-order valence-corrected chi connectivity index (χ3v) is 6.65. The molecule has 0 heterocycles. The maximum absolute atomic E-state index is 12.8. The van der Waals surface area contributed by atoms with Gasteiger partial charge >= 0.3 is 12.0 Å². The Kier molecular flexibility index (Phi) is 12.8. The minimum atomic E-state index is -0.957. The van der Waals surface area contributed by atoms with Crippen LogP contribution in [0.25, 0.3) is 0 Å². The number of aliphatic carboxylic acids is 1. The molecular weight excluding hydrogens is 432 g/mol. The Morgan fingerprint density at radius 2 is 1.82 bits per heavy atom. The topological polar surface area (TPSA) is 88.1 Å². The molecule has 1 fully saturated rings. The second-order valence-electron chi connectivity index (χ2n) is 9.37. The van der Waals surface area contributed by atoms with E-state index in [2.05, 4.69) is 12.2 Å². The summed E-state index contributed by atoms with van der Waals surface area (Å²) in [6.07, 6.45) is 9.30. The van der Waals surface area contributed by atoms with Crippen LogP contribution in [0.1, 0.15) is 77.7 Å². The molecule has 1 aliphatic rings. The maximum atomic E-state index is 12.8. The lowest BCUT2D eigenvalue weighted by Gasteiger charge is -2.27. The Hall–Kier alpha value is -2.28.